The summed E-state index contributed by atoms with van der Waals surface area (Å²) >= 11 is 0. The Morgan fingerprint density at radius 3 is 2.67 bits per heavy atom. The third-order valence-corrected chi connectivity index (χ3v) is 2.68. The van der Waals surface area contributed by atoms with Crippen molar-refractivity contribution in [2.24, 2.45) is 4.99 Å². The Bertz CT molecular complexity index is 275. The Labute approximate surface area is 91.9 Å². The molecule has 3 nitrogen and oxygen atoms in total. The fourth-order valence-electron chi connectivity index (χ4n) is 1.47. The molecule has 15 heavy (non-hydrogen) atoms. The van der Waals surface area contributed by atoms with Crippen LogP contribution >= 0.6 is 0 Å². The first-order chi connectivity index (χ1) is 7.19. The number of hydrogen-bond acceptors (Lipinski definition) is 3. The summed E-state index contributed by atoms with van der Waals surface area (Å²) in [5, 5.41) is 3.22. The van der Waals surface area contributed by atoms with Gasteiger partial charge in [0, 0.05) is 19.2 Å². The summed E-state index contributed by atoms with van der Waals surface area (Å²) in [5.74, 6) is 0.701. The number of ether oxygens (including phenoxy) is 1. The fourth-order valence-corrected chi connectivity index (χ4v) is 1.47. The Kier molecular flexibility index (Phi) is 4.56. The van der Waals surface area contributed by atoms with E-state index < -0.39 is 0 Å². The van der Waals surface area contributed by atoms with Gasteiger partial charge in [0.2, 0.25) is 5.90 Å². The molecular formula is C12H20N2O. The second-order valence-electron chi connectivity index (χ2n) is 3.85. The van der Waals surface area contributed by atoms with Crippen molar-refractivity contribution < 1.29 is 4.74 Å². The smallest absolute Gasteiger partial charge is 0.208 e. The number of rotatable bonds is 4. The van der Waals surface area contributed by atoms with Gasteiger partial charge in [0.1, 0.15) is 6.10 Å². The van der Waals surface area contributed by atoms with Crippen LogP contribution < -0.4 is 5.32 Å². The average molecular weight is 208 g/mol. The molecular weight excluding hydrogens is 188 g/mol. The second-order valence-corrected chi connectivity index (χ2v) is 3.85. The van der Waals surface area contributed by atoms with Gasteiger partial charge in [0.05, 0.1) is 0 Å². The molecule has 1 fully saturated rings. The van der Waals surface area contributed by atoms with Gasteiger partial charge < -0.3 is 10.1 Å². The van der Waals surface area contributed by atoms with E-state index in [-0.39, 0.29) is 0 Å². The van der Waals surface area contributed by atoms with Gasteiger partial charge in [0.25, 0.3) is 0 Å². The van der Waals surface area contributed by atoms with Crippen LogP contribution in [0.4, 0.5) is 0 Å². The molecule has 0 aromatic heterocycles. The zero-order valence-electron chi connectivity index (χ0n) is 9.79. The number of hydrogen-bond donors (Lipinski definition) is 1. The Morgan fingerprint density at radius 1 is 1.53 bits per heavy atom. The largest absolute Gasteiger partial charge is 0.474 e. The lowest BCUT2D eigenvalue weighted by molar-refractivity contribution is 0.0787. The van der Waals surface area contributed by atoms with E-state index in [2.05, 4.69) is 16.9 Å². The molecule has 3 heteroatoms. The van der Waals surface area contributed by atoms with E-state index in [1.807, 2.05) is 20.0 Å². The van der Waals surface area contributed by atoms with Crippen LogP contribution in [0.2, 0.25) is 0 Å². The minimum atomic E-state index is 0.315. The monoisotopic (exact) mass is 208 g/mol. The first kappa shape index (κ1) is 12.0. The summed E-state index contributed by atoms with van der Waals surface area (Å²) in [4.78, 5) is 4.10. The average Bonchev–Trinajstić information content (AvgIpc) is 2.20. The molecule has 0 amide bonds. The molecule has 0 unspecified atom stereocenters. The van der Waals surface area contributed by atoms with Crippen molar-refractivity contribution in [1.82, 2.24) is 5.32 Å². The first-order valence-corrected chi connectivity index (χ1v) is 5.31. The number of allylic oxidation sites excluding steroid dienone is 2. The zero-order valence-corrected chi connectivity index (χ0v) is 9.79. The van der Waals surface area contributed by atoms with Crippen LogP contribution in [0, 0.1) is 0 Å². The molecule has 0 heterocycles. The summed E-state index contributed by atoms with van der Waals surface area (Å²) in [6, 6.07) is 0.609. The number of nitrogens with zero attached hydrogens (tertiary/aromatic N) is 1. The van der Waals surface area contributed by atoms with Gasteiger partial charge in [-0.15, -0.1) is 0 Å². The summed E-state index contributed by atoms with van der Waals surface area (Å²) in [5.41, 5.74) is 1.07. The summed E-state index contributed by atoms with van der Waals surface area (Å²) in [6.45, 7) is 5.68. The number of aliphatic imine (C=N–C) groups is 1. The van der Waals surface area contributed by atoms with E-state index >= 15 is 0 Å². The van der Waals surface area contributed by atoms with Gasteiger partial charge in [-0.05, 0) is 32.4 Å². The third-order valence-electron chi connectivity index (χ3n) is 2.68. The topological polar surface area (TPSA) is 33.6 Å². The van der Waals surface area contributed by atoms with Crippen molar-refractivity contribution in [2.75, 3.05) is 14.1 Å². The molecule has 1 N–H and O–H groups in total. The van der Waals surface area contributed by atoms with Gasteiger partial charge in [-0.25, -0.2) is 0 Å². The van der Waals surface area contributed by atoms with Crippen molar-refractivity contribution in [1.29, 1.82) is 0 Å². The second kappa shape index (κ2) is 5.71. The molecule has 0 bridgehead atoms. The lowest BCUT2D eigenvalue weighted by Gasteiger charge is -2.34. The molecule has 0 saturated heterocycles. The van der Waals surface area contributed by atoms with Crippen LogP contribution in [0.15, 0.2) is 29.3 Å². The highest BCUT2D eigenvalue weighted by molar-refractivity contribution is 5.88. The maximum atomic E-state index is 5.73. The molecule has 0 spiro atoms. The molecule has 1 aliphatic rings. The lowest BCUT2D eigenvalue weighted by atomic mass is 9.89. The highest BCUT2D eigenvalue weighted by Crippen LogP contribution is 2.23. The third kappa shape index (κ3) is 3.51. The first-order valence-electron chi connectivity index (χ1n) is 5.31. The van der Waals surface area contributed by atoms with Gasteiger partial charge >= 0.3 is 0 Å². The Hall–Kier alpha value is -1.09. The van der Waals surface area contributed by atoms with Crippen molar-refractivity contribution in [3.8, 4) is 0 Å². The summed E-state index contributed by atoms with van der Waals surface area (Å²) in [7, 11) is 3.73. The highest BCUT2D eigenvalue weighted by atomic mass is 16.5. The molecule has 0 atom stereocenters. The lowest BCUT2D eigenvalue weighted by Crippen LogP contribution is -2.44. The summed E-state index contributed by atoms with van der Waals surface area (Å²) < 4.78 is 5.73. The Morgan fingerprint density at radius 2 is 2.20 bits per heavy atom. The van der Waals surface area contributed by atoms with Gasteiger partial charge in [-0.1, -0.05) is 12.7 Å². The molecule has 0 aromatic rings. The molecule has 0 aromatic carbocycles. The standard InChI is InChI=1S/C12H20N2O/c1-5-9(2)6-12(14-4)15-11-7-10(8-11)13-3/h5-6,10-11,13H,1,7-8H2,2-4H3/b9-6-,14-12+/t10-,11-. The molecule has 0 radical (unpaired) electrons. The van der Waals surface area contributed by atoms with Gasteiger partial charge in [-0.2, -0.15) is 0 Å². The van der Waals surface area contributed by atoms with Crippen LogP contribution in [0.5, 0.6) is 0 Å². The fraction of sp³-hybridized carbons (Fsp3) is 0.583. The van der Waals surface area contributed by atoms with E-state index in [1.165, 1.54) is 0 Å². The van der Waals surface area contributed by atoms with Crippen molar-refractivity contribution in [2.45, 2.75) is 31.9 Å². The van der Waals surface area contributed by atoms with Gasteiger partial charge in [-0.3, -0.25) is 4.99 Å². The molecule has 84 valence electrons. The van der Waals surface area contributed by atoms with Crippen molar-refractivity contribution >= 4 is 5.90 Å². The van der Waals surface area contributed by atoms with E-state index in [0.717, 1.165) is 18.4 Å². The summed E-state index contributed by atoms with van der Waals surface area (Å²) in [6.07, 6.45) is 6.16. The number of nitrogens with one attached hydrogen (secondary N) is 1. The quantitative estimate of drug-likeness (QED) is 0.435. The van der Waals surface area contributed by atoms with E-state index in [9.17, 15) is 0 Å². The van der Waals surface area contributed by atoms with Crippen molar-refractivity contribution in [3.05, 3.63) is 24.3 Å². The molecule has 1 rings (SSSR count). The molecule has 1 aliphatic carbocycles. The van der Waals surface area contributed by atoms with Crippen LogP contribution in [-0.4, -0.2) is 32.1 Å². The van der Waals surface area contributed by atoms with Crippen LogP contribution in [-0.2, 0) is 4.74 Å². The predicted molar refractivity (Wildman–Crippen MR) is 64.3 cm³/mol. The maximum Gasteiger partial charge on any atom is 0.208 e. The van der Waals surface area contributed by atoms with Gasteiger partial charge in [0.15, 0.2) is 0 Å². The SMILES string of the molecule is C=C/C(C)=C\C(=N/C)O[C@H]1C[C@H](NC)C1. The minimum absolute atomic E-state index is 0.315. The van der Waals surface area contributed by atoms with Crippen LogP contribution in [0.25, 0.3) is 0 Å². The zero-order chi connectivity index (χ0) is 11.3. The van der Waals surface area contributed by atoms with E-state index in [0.29, 0.717) is 18.0 Å². The normalized spacial score (nSPS) is 27.1. The predicted octanol–water partition coefficient (Wildman–Crippen LogP) is 1.91. The minimum Gasteiger partial charge on any atom is -0.474 e. The van der Waals surface area contributed by atoms with Crippen molar-refractivity contribution in [3.63, 3.8) is 0 Å². The maximum absolute atomic E-state index is 5.73. The van der Waals surface area contributed by atoms with E-state index in [1.54, 1.807) is 13.1 Å². The van der Waals surface area contributed by atoms with Crippen LogP contribution in [0.1, 0.15) is 19.8 Å². The highest BCUT2D eigenvalue weighted by Gasteiger charge is 2.29. The van der Waals surface area contributed by atoms with Crippen LogP contribution in [0.3, 0.4) is 0 Å². The molecule has 0 aliphatic heterocycles. The molecule has 1 saturated carbocycles. The van der Waals surface area contributed by atoms with E-state index in [4.69, 9.17) is 4.74 Å². The Balaban J connectivity index is 2.40.